The van der Waals surface area contributed by atoms with Gasteiger partial charge in [0.15, 0.2) is 0 Å². The number of carbonyl (C=O) groups is 1. The number of hydrogen-bond donors (Lipinski definition) is 1. The minimum atomic E-state index is -0.683. The minimum absolute atomic E-state index is 0.0289. The lowest BCUT2D eigenvalue weighted by Crippen LogP contribution is -2.09. The van der Waals surface area contributed by atoms with Gasteiger partial charge in [-0.15, -0.1) is 0 Å². The Morgan fingerprint density at radius 3 is 2.54 bits per heavy atom. The van der Waals surface area contributed by atoms with Crippen LogP contribution in [-0.4, -0.2) is 11.1 Å². The third-order valence-electron chi connectivity index (χ3n) is 3.94. The molecular weight excluding hydrogens is 356 g/mol. The summed E-state index contributed by atoms with van der Waals surface area (Å²) in [4.78, 5) is 24.8. The van der Waals surface area contributed by atoms with E-state index < -0.39 is 5.97 Å². The number of carbonyl (C=O) groups excluding carboxylic acids is 1. The number of phenols is 1. The van der Waals surface area contributed by atoms with Crippen molar-refractivity contribution in [3.8, 4) is 11.5 Å². The van der Waals surface area contributed by atoms with E-state index >= 15 is 0 Å². The van der Waals surface area contributed by atoms with Gasteiger partial charge in [0.1, 0.15) is 28.1 Å². The van der Waals surface area contributed by atoms with Crippen LogP contribution in [0.3, 0.4) is 0 Å². The summed E-state index contributed by atoms with van der Waals surface area (Å²) in [6.45, 7) is 0. The predicted molar refractivity (Wildman–Crippen MR) is 98.1 cm³/mol. The fourth-order valence-corrected chi connectivity index (χ4v) is 2.94. The van der Waals surface area contributed by atoms with E-state index in [0.29, 0.717) is 11.0 Å². The summed E-state index contributed by atoms with van der Waals surface area (Å²) in [5.74, 6) is -0.972. The third-order valence-corrected chi connectivity index (χ3v) is 4.27. The average Bonchev–Trinajstić information content (AvgIpc) is 2.61. The summed E-state index contributed by atoms with van der Waals surface area (Å²) in [6, 6.07) is 15.7. The Kier molecular flexibility index (Phi) is 3.86. The van der Waals surface area contributed by atoms with Gasteiger partial charge in [-0.3, -0.25) is 4.79 Å². The van der Waals surface area contributed by atoms with Gasteiger partial charge in [-0.2, -0.15) is 0 Å². The van der Waals surface area contributed by atoms with E-state index in [4.69, 9.17) is 20.8 Å². The molecule has 1 N–H and O–H groups in total. The molecule has 0 spiro atoms. The maximum atomic E-state index is 12.6. The molecule has 128 valence electrons. The Hall–Kier alpha value is -3.31. The number of phenolic OH excluding ortho intramolecular Hbond substituents is 1. The van der Waals surface area contributed by atoms with Gasteiger partial charge in [0.2, 0.25) is 5.43 Å². The largest absolute Gasteiger partial charge is 0.507 e. The molecule has 0 unspecified atom stereocenters. The lowest BCUT2D eigenvalue weighted by molar-refractivity contribution is 0.0735. The molecule has 0 fully saturated rings. The molecule has 5 nitrogen and oxygen atoms in total. The predicted octanol–water partition coefficient (Wildman–Crippen LogP) is 4.52. The van der Waals surface area contributed by atoms with Crippen LogP contribution >= 0.6 is 11.6 Å². The Labute approximate surface area is 152 Å². The second kappa shape index (κ2) is 6.20. The monoisotopic (exact) mass is 366 g/mol. The van der Waals surface area contributed by atoms with Crippen molar-refractivity contribution < 1.29 is 19.1 Å². The normalized spacial score (nSPS) is 11.0. The van der Waals surface area contributed by atoms with Crippen molar-refractivity contribution in [2.45, 2.75) is 0 Å². The highest BCUT2D eigenvalue weighted by Gasteiger charge is 2.17. The molecule has 0 radical (unpaired) electrons. The molecule has 0 atom stereocenters. The molecular formula is C20H11ClO5. The van der Waals surface area contributed by atoms with Crippen LogP contribution in [0.2, 0.25) is 5.02 Å². The summed E-state index contributed by atoms with van der Waals surface area (Å²) in [5, 5.41) is 10.9. The number of fused-ring (bicyclic) bond motifs is 2. The van der Waals surface area contributed by atoms with Gasteiger partial charge in [0.25, 0.3) is 0 Å². The smallest absolute Gasteiger partial charge is 0.345 e. The first-order valence-corrected chi connectivity index (χ1v) is 8.07. The van der Waals surface area contributed by atoms with Gasteiger partial charge in [0, 0.05) is 12.1 Å². The van der Waals surface area contributed by atoms with Crippen molar-refractivity contribution in [3.63, 3.8) is 0 Å². The van der Waals surface area contributed by atoms with E-state index in [1.54, 1.807) is 42.5 Å². The summed E-state index contributed by atoms with van der Waals surface area (Å²) in [7, 11) is 0. The van der Waals surface area contributed by atoms with Crippen LogP contribution < -0.4 is 10.2 Å². The number of para-hydroxylation sites is 1. The van der Waals surface area contributed by atoms with Gasteiger partial charge in [-0.25, -0.2) is 4.79 Å². The lowest BCUT2D eigenvalue weighted by Gasteiger charge is -2.08. The van der Waals surface area contributed by atoms with Crippen molar-refractivity contribution in [1.29, 1.82) is 0 Å². The molecule has 1 heterocycles. The molecule has 1 aromatic heterocycles. The first-order chi connectivity index (χ1) is 12.5. The van der Waals surface area contributed by atoms with Crippen molar-refractivity contribution >= 4 is 39.5 Å². The maximum absolute atomic E-state index is 12.6. The Balaban J connectivity index is 1.82. The van der Waals surface area contributed by atoms with Gasteiger partial charge in [0.05, 0.1) is 16.0 Å². The van der Waals surface area contributed by atoms with E-state index in [2.05, 4.69) is 0 Å². The van der Waals surface area contributed by atoms with Crippen LogP contribution in [0.4, 0.5) is 0 Å². The van der Waals surface area contributed by atoms with E-state index in [-0.39, 0.29) is 38.5 Å². The van der Waals surface area contributed by atoms with Gasteiger partial charge in [-0.1, -0.05) is 35.9 Å². The van der Waals surface area contributed by atoms with Gasteiger partial charge < -0.3 is 14.3 Å². The topological polar surface area (TPSA) is 76.7 Å². The minimum Gasteiger partial charge on any atom is -0.507 e. The molecule has 0 bridgehead atoms. The highest BCUT2D eigenvalue weighted by Crippen LogP contribution is 2.31. The second-order valence-electron chi connectivity index (χ2n) is 5.61. The van der Waals surface area contributed by atoms with Crippen LogP contribution in [0.25, 0.3) is 21.9 Å². The molecule has 0 aliphatic heterocycles. The molecule has 4 aromatic rings. The van der Waals surface area contributed by atoms with Gasteiger partial charge >= 0.3 is 5.97 Å². The molecule has 0 saturated carbocycles. The summed E-state index contributed by atoms with van der Waals surface area (Å²) in [5.41, 5.74) is 0.326. The number of rotatable bonds is 2. The molecule has 26 heavy (non-hydrogen) atoms. The molecule has 0 amide bonds. The number of benzene rings is 3. The lowest BCUT2D eigenvalue weighted by atomic mass is 10.1. The molecule has 0 saturated heterocycles. The number of esters is 1. The van der Waals surface area contributed by atoms with Crippen LogP contribution in [0.1, 0.15) is 10.4 Å². The Morgan fingerprint density at radius 2 is 1.73 bits per heavy atom. The standard InChI is InChI=1S/C20H11ClO5/c21-14-7-3-1-5-12(14)20(24)25-11-9-15(22)18-17(10-11)26-16-8-4-2-6-13(16)19(18)23/h1-10,22H. The summed E-state index contributed by atoms with van der Waals surface area (Å²) >= 11 is 5.99. The highest BCUT2D eigenvalue weighted by molar-refractivity contribution is 6.33. The van der Waals surface area contributed by atoms with Gasteiger partial charge in [-0.05, 0) is 24.3 Å². The second-order valence-corrected chi connectivity index (χ2v) is 6.02. The maximum Gasteiger partial charge on any atom is 0.345 e. The van der Waals surface area contributed by atoms with E-state index in [1.807, 2.05) is 0 Å². The van der Waals surface area contributed by atoms with Crippen LogP contribution in [0.5, 0.6) is 11.5 Å². The molecule has 3 aromatic carbocycles. The molecule has 6 heteroatoms. The van der Waals surface area contributed by atoms with Crippen molar-refractivity contribution in [2.24, 2.45) is 0 Å². The van der Waals surface area contributed by atoms with Crippen LogP contribution in [0, 0.1) is 0 Å². The SMILES string of the molecule is O=C(Oc1cc(O)c2c(=O)c3ccccc3oc2c1)c1ccccc1Cl. The van der Waals surface area contributed by atoms with Crippen molar-refractivity contribution in [2.75, 3.05) is 0 Å². The van der Waals surface area contributed by atoms with Crippen LogP contribution in [-0.2, 0) is 0 Å². The summed E-state index contributed by atoms with van der Waals surface area (Å²) in [6.07, 6.45) is 0. The quantitative estimate of drug-likeness (QED) is 0.320. The van der Waals surface area contributed by atoms with Crippen LogP contribution in [0.15, 0.2) is 69.9 Å². The third kappa shape index (κ3) is 2.68. The number of halogens is 1. The zero-order valence-corrected chi connectivity index (χ0v) is 14.0. The Morgan fingerprint density at radius 1 is 1.00 bits per heavy atom. The zero-order valence-electron chi connectivity index (χ0n) is 13.2. The molecule has 0 aliphatic rings. The van der Waals surface area contributed by atoms with Crippen molar-refractivity contribution in [3.05, 3.63) is 81.5 Å². The number of aromatic hydroxyl groups is 1. The van der Waals surface area contributed by atoms with E-state index in [9.17, 15) is 14.7 Å². The molecule has 4 rings (SSSR count). The Bertz CT molecular complexity index is 1230. The summed E-state index contributed by atoms with van der Waals surface area (Å²) < 4.78 is 11.0. The average molecular weight is 367 g/mol. The first-order valence-electron chi connectivity index (χ1n) is 7.70. The van der Waals surface area contributed by atoms with E-state index in [1.165, 1.54) is 18.2 Å². The fraction of sp³-hybridized carbons (Fsp3) is 0. The zero-order chi connectivity index (χ0) is 18.3. The molecule has 0 aliphatic carbocycles. The number of hydrogen-bond acceptors (Lipinski definition) is 5. The fourth-order valence-electron chi connectivity index (χ4n) is 2.73. The first kappa shape index (κ1) is 16.2. The number of ether oxygens (including phenoxy) is 1. The highest BCUT2D eigenvalue weighted by atomic mass is 35.5. The van der Waals surface area contributed by atoms with Crippen molar-refractivity contribution in [1.82, 2.24) is 0 Å². The van der Waals surface area contributed by atoms with E-state index in [0.717, 1.165) is 0 Å².